The first-order valence-corrected chi connectivity index (χ1v) is 6.75. The third kappa shape index (κ3) is 3.14. The molecule has 0 spiro atoms. The molecule has 0 N–H and O–H groups in total. The van der Waals surface area contributed by atoms with E-state index in [4.69, 9.17) is 4.74 Å². The van der Waals surface area contributed by atoms with Crippen molar-refractivity contribution in [2.75, 3.05) is 7.11 Å². The van der Waals surface area contributed by atoms with Crippen molar-refractivity contribution >= 4 is 17.5 Å². The van der Waals surface area contributed by atoms with Gasteiger partial charge in [-0.3, -0.25) is 4.79 Å². The highest BCUT2D eigenvalue weighted by molar-refractivity contribution is 7.98. The Morgan fingerprint density at radius 2 is 2.26 bits per heavy atom. The summed E-state index contributed by atoms with van der Waals surface area (Å²) in [5.74, 6) is 1.50. The fourth-order valence-electron chi connectivity index (χ4n) is 1.67. The topological polar surface area (TPSA) is 57.0 Å². The first-order chi connectivity index (χ1) is 9.11. The van der Waals surface area contributed by atoms with Crippen LogP contribution in [-0.4, -0.2) is 27.7 Å². The molecular formula is C13H15N3O2S. The van der Waals surface area contributed by atoms with Gasteiger partial charge in [-0.1, -0.05) is 11.8 Å². The molecule has 0 bridgehead atoms. The maximum absolute atomic E-state index is 11.4. The second-order valence-electron chi connectivity index (χ2n) is 4.04. The van der Waals surface area contributed by atoms with E-state index in [1.165, 1.54) is 6.33 Å². The smallest absolute Gasteiger partial charge is 0.186 e. The largest absolute Gasteiger partial charge is 0.496 e. The first-order valence-electron chi connectivity index (χ1n) is 5.76. The molecule has 0 unspecified atom stereocenters. The van der Waals surface area contributed by atoms with Crippen LogP contribution in [0.25, 0.3) is 0 Å². The summed E-state index contributed by atoms with van der Waals surface area (Å²) in [5.41, 5.74) is 1.66. The molecule has 2 rings (SSSR count). The van der Waals surface area contributed by atoms with Crippen LogP contribution in [0.4, 0.5) is 0 Å². The van der Waals surface area contributed by atoms with Gasteiger partial charge in [-0.2, -0.15) is 5.10 Å². The molecule has 0 saturated heterocycles. The van der Waals surface area contributed by atoms with Gasteiger partial charge in [-0.05, 0) is 25.1 Å². The number of hydrogen-bond donors (Lipinski definition) is 0. The van der Waals surface area contributed by atoms with E-state index < -0.39 is 0 Å². The monoisotopic (exact) mass is 277 g/mol. The van der Waals surface area contributed by atoms with Crippen LogP contribution in [0.3, 0.4) is 0 Å². The van der Waals surface area contributed by atoms with Crippen LogP contribution in [-0.2, 0) is 12.8 Å². The number of nitrogens with zero attached hydrogens (tertiary/aromatic N) is 3. The van der Waals surface area contributed by atoms with Crippen molar-refractivity contribution in [3.63, 3.8) is 0 Å². The molecule has 0 atom stereocenters. The van der Waals surface area contributed by atoms with Gasteiger partial charge in [0, 0.05) is 23.9 Å². The number of ketones is 1. The van der Waals surface area contributed by atoms with Gasteiger partial charge in [0.15, 0.2) is 10.9 Å². The highest BCUT2D eigenvalue weighted by atomic mass is 32.2. The van der Waals surface area contributed by atoms with E-state index in [0.717, 1.165) is 16.5 Å². The molecule has 5 nitrogen and oxygen atoms in total. The third-order valence-corrected chi connectivity index (χ3v) is 3.80. The minimum Gasteiger partial charge on any atom is -0.496 e. The minimum atomic E-state index is 0.0487. The molecule has 19 heavy (non-hydrogen) atoms. The van der Waals surface area contributed by atoms with Crippen LogP contribution < -0.4 is 4.74 Å². The SMILES string of the molecule is COc1ccc(C(C)=O)cc1CSc1ncnn1C. The Hall–Kier alpha value is -1.82. The highest BCUT2D eigenvalue weighted by Crippen LogP contribution is 2.27. The van der Waals surface area contributed by atoms with Gasteiger partial charge in [0.05, 0.1) is 7.11 Å². The first kappa shape index (κ1) is 13.6. The summed E-state index contributed by atoms with van der Waals surface area (Å²) in [6, 6.07) is 5.46. The van der Waals surface area contributed by atoms with Crippen molar-refractivity contribution in [1.29, 1.82) is 0 Å². The molecule has 0 saturated carbocycles. The zero-order valence-corrected chi connectivity index (χ0v) is 11.9. The molecule has 1 aromatic carbocycles. The Bertz CT molecular complexity index is 595. The molecule has 0 fully saturated rings. The maximum atomic E-state index is 11.4. The Kier molecular flexibility index (Phi) is 4.21. The van der Waals surface area contributed by atoms with Crippen molar-refractivity contribution in [3.05, 3.63) is 35.7 Å². The number of hydrogen-bond acceptors (Lipinski definition) is 5. The van der Waals surface area contributed by atoms with E-state index >= 15 is 0 Å². The predicted molar refractivity (Wildman–Crippen MR) is 73.6 cm³/mol. The molecule has 1 aromatic heterocycles. The van der Waals surface area contributed by atoms with Gasteiger partial charge in [0.25, 0.3) is 0 Å². The molecule has 1 heterocycles. The lowest BCUT2D eigenvalue weighted by Crippen LogP contribution is -1.98. The summed E-state index contributed by atoms with van der Waals surface area (Å²) in [4.78, 5) is 15.6. The Balaban J connectivity index is 2.20. The average Bonchev–Trinajstić information content (AvgIpc) is 2.81. The van der Waals surface area contributed by atoms with Crippen LogP contribution in [0.1, 0.15) is 22.8 Å². The number of thioether (sulfide) groups is 1. The second kappa shape index (κ2) is 5.88. The maximum Gasteiger partial charge on any atom is 0.186 e. The molecule has 0 aliphatic carbocycles. The van der Waals surface area contributed by atoms with Crippen LogP contribution in [0.15, 0.2) is 29.7 Å². The second-order valence-corrected chi connectivity index (χ2v) is 4.98. The number of carbonyl (C=O) groups excluding carboxylic acids is 1. The molecule has 100 valence electrons. The van der Waals surface area contributed by atoms with E-state index in [0.29, 0.717) is 11.3 Å². The number of rotatable bonds is 5. The minimum absolute atomic E-state index is 0.0487. The third-order valence-electron chi connectivity index (χ3n) is 2.71. The molecule has 6 heteroatoms. The summed E-state index contributed by atoms with van der Waals surface area (Å²) in [6.07, 6.45) is 1.52. The summed E-state index contributed by atoms with van der Waals surface area (Å²) >= 11 is 1.55. The number of benzene rings is 1. The molecule has 0 radical (unpaired) electrons. The van der Waals surface area contributed by atoms with Crippen molar-refractivity contribution in [1.82, 2.24) is 14.8 Å². The number of aromatic nitrogens is 3. The van der Waals surface area contributed by atoms with E-state index in [1.807, 2.05) is 19.2 Å². The predicted octanol–water partition coefficient (Wildman–Crippen LogP) is 2.32. The van der Waals surface area contributed by atoms with Crippen molar-refractivity contribution in [2.45, 2.75) is 17.8 Å². The number of carbonyl (C=O) groups is 1. The fraction of sp³-hybridized carbons (Fsp3) is 0.308. The number of methoxy groups -OCH3 is 1. The van der Waals surface area contributed by atoms with Gasteiger partial charge in [0.2, 0.25) is 0 Å². The zero-order chi connectivity index (χ0) is 13.8. The highest BCUT2D eigenvalue weighted by Gasteiger charge is 2.09. The van der Waals surface area contributed by atoms with E-state index in [2.05, 4.69) is 10.1 Å². The van der Waals surface area contributed by atoms with Gasteiger partial charge < -0.3 is 4.74 Å². The molecule has 0 aliphatic rings. The average molecular weight is 277 g/mol. The van der Waals surface area contributed by atoms with Gasteiger partial charge in [0.1, 0.15) is 12.1 Å². The van der Waals surface area contributed by atoms with Crippen molar-refractivity contribution in [2.24, 2.45) is 7.05 Å². The van der Waals surface area contributed by atoms with Gasteiger partial charge in [-0.25, -0.2) is 9.67 Å². The molecule has 2 aromatic rings. The number of aryl methyl sites for hydroxylation is 1. The molecule has 0 amide bonds. The van der Waals surface area contributed by atoms with Crippen LogP contribution in [0.2, 0.25) is 0 Å². The Labute approximate surface area is 116 Å². The fourth-order valence-corrected chi connectivity index (χ4v) is 2.53. The molecule has 0 aliphatic heterocycles. The van der Waals surface area contributed by atoms with E-state index in [1.54, 1.807) is 36.5 Å². The van der Waals surface area contributed by atoms with Crippen molar-refractivity contribution in [3.8, 4) is 5.75 Å². The summed E-state index contributed by atoms with van der Waals surface area (Å²) < 4.78 is 7.03. The van der Waals surface area contributed by atoms with E-state index in [9.17, 15) is 4.79 Å². The Morgan fingerprint density at radius 1 is 1.47 bits per heavy atom. The van der Waals surface area contributed by atoms with Crippen LogP contribution in [0, 0.1) is 0 Å². The number of Topliss-reactive ketones (excluding diaryl/α,β-unsaturated/α-hetero) is 1. The lowest BCUT2D eigenvalue weighted by molar-refractivity contribution is 0.101. The van der Waals surface area contributed by atoms with Crippen LogP contribution >= 0.6 is 11.8 Å². The summed E-state index contributed by atoms with van der Waals surface area (Å²) in [7, 11) is 3.47. The van der Waals surface area contributed by atoms with Gasteiger partial charge >= 0.3 is 0 Å². The zero-order valence-electron chi connectivity index (χ0n) is 11.1. The lowest BCUT2D eigenvalue weighted by atomic mass is 10.1. The quantitative estimate of drug-likeness (QED) is 0.620. The van der Waals surface area contributed by atoms with Gasteiger partial charge in [-0.15, -0.1) is 0 Å². The summed E-state index contributed by atoms with van der Waals surface area (Å²) in [6.45, 7) is 1.56. The molecular weight excluding hydrogens is 262 g/mol. The Morgan fingerprint density at radius 3 is 2.84 bits per heavy atom. The van der Waals surface area contributed by atoms with Crippen LogP contribution in [0.5, 0.6) is 5.75 Å². The summed E-state index contributed by atoms with van der Waals surface area (Å²) in [5, 5.41) is 4.85. The lowest BCUT2D eigenvalue weighted by Gasteiger charge is -2.09. The van der Waals surface area contributed by atoms with E-state index in [-0.39, 0.29) is 5.78 Å². The standard InChI is InChI=1S/C13H15N3O2S/c1-9(17)10-4-5-12(18-3)11(6-10)7-19-13-14-8-15-16(13)2/h4-6,8H,7H2,1-3H3. The number of ether oxygens (including phenoxy) is 1. The van der Waals surface area contributed by atoms with Crippen molar-refractivity contribution < 1.29 is 9.53 Å². The normalized spacial score (nSPS) is 10.5.